The van der Waals surface area contributed by atoms with Crippen LogP contribution in [0, 0.1) is 23.7 Å². The molecule has 2 aliphatic rings. The van der Waals surface area contributed by atoms with Crippen molar-refractivity contribution in [2.24, 2.45) is 23.7 Å². The average molecular weight is 267 g/mol. The fourth-order valence-electron chi connectivity index (χ4n) is 3.86. The average Bonchev–Trinajstić information content (AvgIpc) is 2.91. The summed E-state index contributed by atoms with van der Waals surface area (Å²) >= 11 is 0. The molecule has 19 heavy (non-hydrogen) atoms. The van der Waals surface area contributed by atoms with Gasteiger partial charge in [-0.3, -0.25) is 0 Å². The Labute approximate surface area is 119 Å². The molecule has 0 aromatic rings. The molecule has 0 aromatic heterocycles. The predicted molar refractivity (Wildman–Crippen MR) is 81.3 cm³/mol. The SMILES string of the molecule is CCCNC(CC1CCOC1)C1CCC(C)C(C)C1. The van der Waals surface area contributed by atoms with Crippen molar-refractivity contribution in [3.63, 3.8) is 0 Å². The van der Waals surface area contributed by atoms with Crippen LogP contribution in [0.1, 0.15) is 59.3 Å². The number of nitrogens with one attached hydrogen (secondary N) is 1. The number of rotatable bonds is 6. The summed E-state index contributed by atoms with van der Waals surface area (Å²) in [6, 6.07) is 0.738. The molecule has 0 radical (unpaired) electrons. The molecule has 0 spiro atoms. The highest BCUT2D eigenvalue weighted by Crippen LogP contribution is 2.37. The van der Waals surface area contributed by atoms with Crippen molar-refractivity contribution in [1.82, 2.24) is 5.32 Å². The van der Waals surface area contributed by atoms with E-state index in [0.717, 1.165) is 42.9 Å². The van der Waals surface area contributed by atoms with E-state index in [1.165, 1.54) is 45.1 Å². The minimum Gasteiger partial charge on any atom is -0.381 e. The number of hydrogen-bond acceptors (Lipinski definition) is 2. The zero-order chi connectivity index (χ0) is 13.7. The fraction of sp³-hybridized carbons (Fsp3) is 1.00. The van der Waals surface area contributed by atoms with Gasteiger partial charge in [-0.1, -0.05) is 27.2 Å². The summed E-state index contributed by atoms with van der Waals surface area (Å²) in [5.74, 6) is 3.55. The van der Waals surface area contributed by atoms with Crippen LogP contribution in [0.25, 0.3) is 0 Å². The lowest BCUT2D eigenvalue weighted by Crippen LogP contribution is -2.41. The highest BCUT2D eigenvalue weighted by atomic mass is 16.5. The molecule has 1 aliphatic carbocycles. The van der Waals surface area contributed by atoms with E-state index in [-0.39, 0.29) is 0 Å². The van der Waals surface area contributed by atoms with Gasteiger partial charge in [0.25, 0.3) is 0 Å². The Bertz CT molecular complexity index is 250. The Balaban J connectivity index is 1.87. The second kappa shape index (κ2) is 7.64. The van der Waals surface area contributed by atoms with Gasteiger partial charge in [-0.25, -0.2) is 0 Å². The second-order valence-corrected chi connectivity index (χ2v) is 7.05. The lowest BCUT2D eigenvalue weighted by Gasteiger charge is -2.38. The van der Waals surface area contributed by atoms with Gasteiger partial charge in [-0.15, -0.1) is 0 Å². The summed E-state index contributed by atoms with van der Waals surface area (Å²) in [4.78, 5) is 0. The largest absolute Gasteiger partial charge is 0.381 e. The molecule has 112 valence electrons. The number of hydrogen-bond donors (Lipinski definition) is 1. The molecule has 1 N–H and O–H groups in total. The smallest absolute Gasteiger partial charge is 0.0495 e. The normalized spacial score (nSPS) is 37.4. The van der Waals surface area contributed by atoms with Crippen LogP contribution in [0.3, 0.4) is 0 Å². The second-order valence-electron chi connectivity index (χ2n) is 7.05. The van der Waals surface area contributed by atoms with Gasteiger partial charge in [-0.05, 0) is 62.3 Å². The van der Waals surface area contributed by atoms with Crippen molar-refractivity contribution in [3.8, 4) is 0 Å². The first kappa shape index (κ1) is 15.3. The van der Waals surface area contributed by atoms with Crippen LogP contribution in [0.15, 0.2) is 0 Å². The molecule has 0 amide bonds. The van der Waals surface area contributed by atoms with Gasteiger partial charge in [0.2, 0.25) is 0 Å². The highest BCUT2D eigenvalue weighted by Gasteiger charge is 2.31. The van der Waals surface area contributed by atoms with Crippen LogP contribution in [-0.4, -0.2) is 25.8 Å². The predicted octanol–water partition coefficient (Wildman–Crippen LogP) is 3.85. The van der Waals surface area contributed by atoms with Gasteiger partial charge in [0.05, 0.1) is 0 Å². The lowest BCUT2D eigenvalue weighted by atomic mass is 9.72. The van der Waals surface area contributed by atoms with Crippen molar-refractivity contribution >= 4 is 0 Å². The van der Waals surface area contributed by atoms with E-state index in [0.29, 0.717) is 0 Å². The maximum absolute atomic E-state index is 5.56. The molecule has 1 saturated carbocycles. The Morgan fingerprint density at radius 2 is 2.00 bits per heavy atom. The van der Waals surface area contributed by atoms with Crippen LogP contribution >= 0.6 is 0 Å². The maximum Gasteiger partial charge on any atom is 0.0495 e. The molecule has 1 heterocycles. The summed E-state index contributed by atoms with van der Waals surface area (Å²) in [6.45, 7) is 10.3. The van der Waals surface area contributed by atoms with Gasteiger partial charge in [0.15, 0.2) is 0 Å². The first-order chi connectivity index (χ1) is 9.20. The first-order valence-electron chi connectivity index (χ1n) is 8.51. The summed E-state index contributed by atoms with van der Waals surface area (Å²) in [6.07, 6.45) is 8.15. The first-order valence-corrected chi connectivity index (χ1v) is 8.51. The van der Waals surface area contributed by atoms with Crippen LogP contribution in [-0.2, 0) is 4.74 Å². The van der Waals surface area contributed by atoms with Crippen molar-refractivity contribution in [1.29, 1.82) is 0 Å². The van der Waals surface area contributed by atoms with Crippen LogP contribution in [0.5, 0.6) is 0 Å². The van der Waals surface area contributed by atoms with Crippen LogP contribution in [0.2, 0.25) is 0 Å². The molecule has 5 atom stereocenters. The molecule has 0 aromatic carbocycles. The van der Waals surface area contributed by atoms with Crippen molar-refractivity contribution < 1.29 is 4.74 Å². The molecule has 2 rings (SSSR count). The highest BCUT2D eigenvalue weighted by molar-refractivity contribution is 4.86. The molecular weight excluding hydrogens is 234 g/mol. The third-order valence-electron chi connectivity index (χ3n) is 5.48. The van der Waals surface area contributed by atoms with Crippen LogP contribution < -0.4 is 5.32 Å². The molecular formula is C17H33NO. The molecule has 1 saturated heterocycles. The van der Waals surface area contributed by atoms with Gasteiger partial charge in [-0.2, -0.15) is 0 Å². The summed E-state index contributed by atoms with van der Waals surface area (Å²) < 4.78 is 5.56. The van der Waals surface area contributed by atoms with Gasteiger partial charge >= 0.3 is 0 Å². The minimum absolute atomic E-state index is 0.738. The Morgan fingerprint density at radius 1 is 1.16 bits per heavy atom. The molecule has 2 nitrogen and oxygen atoms in total. The molecule has 5 unspecified atom stereocenters. The van der Waals surface area contributed by atoms with E-state index in [2.05, 4.69) is 26.1 Å². The zero-order valence-electron chi connectivity index (χ0n) is 13.2. The summed E-state index contributed by atoms with van der Waals surface area (Å²) in [7, 11) is 0. The van der Waals surface area contributed by atoms with E-state index in [9.17, 15) is 0 Å². The standard InChI is InChI=1S/C17H33NO/c1-4-8-18-17(11-15-7-9-19-12-15)16-6-5-13(2)14(3)10-16/h13-18H,4-12H2,1-3H3. The van der Waals surface area contributed by atoms with Crippen LogP contribution in [0.4, 0.5) is 0 Å². The van der Waals surface area contributed by atoms with Gasteiger partial charge in [0.1, 0.15) is 0 Å². The third-order valence-corrected chi connectivity index (χ3v) is 5.48. The summed E-state index contributed by atoms with van der Waals surface area (Å²) in [5.41, 5.74) is 0. The molecule has 2 fully saturated rings. The lowest BCUT2D eigenvalue weighted by molar-refractivity contribution is 0.146. The van der Waals surface area contributed by atoms with Crippen molar-refractivity contribution in [3.05, 3.63) is 0 Å². The Kier molecular flexibility index (Phi) is 6.15. The van der Waals surface area contributed by atoms with E-state index in [1.54, 1.807) is 0 Å². The Hall–Kier alpha value is -0.0800. The van der Waals surface area contributed by atoms with Crippen molar-refractivity contribution in [2.75, 3.05) is 19.8 Å². The monoisotopic (exact) mass is 267 g/mol. The number of ether oxygens (including phenoxy) is 1. The zero-order valence-corrected chi connectivity index (χ0v) is 13.2. The van der Waals surface area contributed by atoms with Gasteiger partial charge < -0.3 is 10.1 Å². The van der Waals surface area contributed by atoms with E-state index in [1.807, 2.05) is 0 Å². The molecule has 1 aliphatic heterocycles. The third kappa shape index (κ3) is 4.46. The topological polar surface area (TPSA) is 21.3 Å². The quantitative estimate of drug-likeness (QED) is 0.789. The van der Waals surface area contributed by atoms with E-state index >= 15 is 0 Å². The molecule has 2 heteroatoms. The minimum atomic E-state index is 0.738. The van der Waals surface area contributed by atoms with E-state index < -0.39 is 0 Å². The van der Waals surface area contributed by atoms with E-state index in [4.69, 9.17) is 4.74 Å². The summed E-state index contributed by atoms with van der Waals surface area (Å²) in [5, 5.41) is 3.85. The maximum atomic E-state index is 5.56. The Morgan fingerprint density at radius 3 is 2.63 bits per heavy atom. The fourth-order valence-corrected chi connectivity index (χ4v) is 3.86. The van der Waals surface area contributed by atoms with Gasteiger partial charge in [0, 0.05) is 19.3 Å². The molecule has 0 bridgehead atoms. The van der Waals surface area contributed by atoms with Crippen molar-refractivity contribution in [2.45, 2.75) is 65.3 Å².